The van der Waals surface area contributed by atoms with Crippen LogP contribution in [0.15, 0.2) is 66.7 Å². The third-order valence-corrected chi connectivity index (χ3v) is 4.09. The van der Waals surface area contributed by atoms with E-state index in [0.717, 1.165) is 27.5 Å². The van der Waals surface area contributed by atoms with Crippen LogP contribution in [0.3, 0.4) is 0 Å². The van der Waals surface area contributed by atoms with E-state index in [0.29, 0.717) is 11.3 Å². The molecule has 118 valence electrons. The van der Waals surface area contributed by atoms with Crippen molar-refractivity contribution in [3.63, 3.8) is 0 Å². The molecule has 0 bridgehead atoms. The van der Waals surface area contributed by atoms with Gasteiger partial charge in [0.1, 0.15) is 5.75 Å². The van der Waals surface area contributed by atoms with Gasteiger partial charge >= 0.3 is 0 Å². The number of benzene rings is 3. The Hall–Kier alpha value is -3.27. The van der Waals surface area contributed by atoms with E-state index in [9.17, 15) is 5.11 Å². The second-order valence-corrected chi connectivity index (χ2v) is 5.66. The third-order valence-electron chi connectivity index (χ3n) is 4.09. The number of aromatic hydroxyl groups is 1. The molecule has 3 aromatic carbocycles. The topological polar surface area (TPSA) is 54.4 Å². The number of anilines is 1. The van der Waals surface area contributed by atoms with Gasteiger partial charge in [0.05, 0.1) is 16.7 Å². The molecule has 0 saturated carbocycles. The Morgan fingerprint density at radius 3 is 2.62 bits per heavy atom. The maximum Gasteiger partial charge on any atom is 0.161 e. The highest BCUT2D eigenvalue weighted by molar-refractivity contribution is 5.99. The van der Waals surface area contributed by atoms with Crippen LogP contribution in [-0.4, -0.2) is 10.1 Å². The average Bonchev–Trinajstić information content (AvgIpc) is 2.61. The fourth-order valence-electron chi connectivity index (χ4n) is 2.71. The summed E-state index contributed by atoms with van der Waals surface area (Å²) in [5.41, 5.74) is 6.36. The summed E-state index contributed by atoms with van der Waals surface area (Å²) in [6.07, 6.45) is 0. The van der Waals surface area contributed by atoms with Gasteiger partial charge in [0, 0.05) is 16.3 Å². The molecule has 0 aliphatic heterocycles. The smallest absolute Gasteiger partial charge is 0.161 e. The van der Waals surface area contributed by atoms with Crippen molar-refractivity contribution < 1.29 is 9.94 Å². The molecule has 0 aliphatic carbocycles. The minimum Gasteiger partial charge on any atom is -0.508 e. The van der Waals surface area contributed by atoms with E-state index in [1.165, 1.54) is 0 Å². The fraction of sp³-hybridized carbons (Fsp3) is 0.0500. The van der Waals surface area contributed by atoms with Crippen LogP contribution in [0.5, 0.6) is 11.5 Å². The van der Waals surface area contributed by atoms with Crippen LogP contribution in [0.4, 0.5) is 5.69 Å². The molecule has 0 aliphatic rings. The van der Waals surface area contributed by atoms with Crippen molar-refractivity contribution in [1.29, 1.82) is 0 Å². The van der Waals surface area contributed by atoms with Crippen molar-refractivity contribution in [3.05, 3.63) is 72.3 Å². The molecule has 0 saturated heterocycles. The number of para-hydroxylation sites is 1. The largest absolute Gasteiger partial charge is 0.508 e. The number of rotatable bonds is 3. The lowest BCUT2D eigenvalue weighted by atomic mass is 10.1. The Labute approximate surface area is 139 Å². The van der Waals surface area contributed by atoms with Crippen LogP contribution in [0.2, 0.25) is 0 Å². The van der Waals surface area contributed by atoms with E-state index in [-0.39, 0.29) is 5.75 Å². The molecule has 4 aromatic rings. The average molecular weight is 316 g/mol. The summed E-state index contributed by atoms with van der Waals surface area (Å²) in [5.74, 6) is 0.792. The van der Waals surface area contributed by atoms with Gasteiger partial charge in [-0.1, -0.05) is 30.3 Å². The molecular formula is C20H16N2O2. The number of aromatic nitrogens is 1. The van der Waals surface area contributed by atoms with Crippen molar-refractivity contribution in [3.8, 4) is 11.5 Å². The predicted octanol–water partition coefficient (Wildman–Crippen LogP) is 4.81. The summed E-state index contributed by atoms with van der Waals surface area (Å²) in [7, 11) is 0. The number of nitrogens with zero attached hydrogens (tertiary/aromatic N) is 1. The molecule has 0 spiro atoms. The van der Waals surface area contributed by atoms with Gasteiger partial charge < -0.3 is 9.94 Å². The van der Waals surface area contributed by atoms with E-state index >= 15 is 0 Å². The lowest BCUT2D eigenvalue weighted by Gasteiger charge is -2.13. The van der Waals surface area contributed by atoms with Gasteiger partial charge in [0.15, 0.2) is 5.75 Å². The number of pyridine rings is 1. The Morgan fingerprint density at radius 2 is 1.71 bits per heavy atom. The van der Waals surface area contributed by atoms with Crippen LogP contribution >= 0.6 is 0 Å². The van der Waals surface area contributed by atoms with Crippen LogP contribution in [-0.2, 0) is 0 Å². The van der Waals surface area contributed by atoms with Gasteiger partial charge in [-0.25, -0.2) is 10.5 Å². The lowest BCUT2D eigenvalue weighted by Crippen LogP contribution is -2.06. The fourth-order valence-corrected chi connectivity index (χ4v) is 2.71. The van der Waals surface area contributed by atoms with E-state index in [1.54, 1.807) is 18.2 Å². The van der Waals surface area contributed by atoms with Gasteiger partial charge in [-0.2, -0.15) is 0 Å². The molecule has 1 heterocycles. The van der Waals surface area contributed by atoms with Gasteiger partial charge in [-0.15, -0.1) is 0 Å². The Morgan fingerprint density at radius 1 is 0.917 bits per heavy atom. The highest BCUT2D eigenvalue weighted by Crippen LogP contribution is 2.29. The third kappa shape index (κ3) is 2.48. The standard InChI is InChI=1S/C20H16N2O2/c1-13-19(23)10-5-11-20(13)24-22-18-9-4-8-17-15(18)12-14-6-2-3-7-16(14)21-17/h2-12,22-23H,1H3. The molecule has 4 heteroatoms. The van der Waals surface area contributed by atoms with Crippen LogP contribution in [0.1, 0.15) is 5.56 Å². The van der Waals surface area contributed by atoms with Crippen molar-refractivity contribution in [1.82, 2.24) is 4.98 Å². The number of hydrogen-bond donors (Lipinski definition) is 2. The summed E-state index contributed by atoms with van der Waals surface area (Å²) >= 11 is 0. The second kappa shape index (κ2) is 5.74. The molecule has 0 amide bonds. The first-order chi connectivity index (χ1) is 11.7. The monoisotopic (exact) mass is 316 g/mol. The van der Waals surface area contributed by atoms with Gasteiger partial charge in [0.2, 0.25) is 0 Å². The summed E-state index contributed by atoms with van der Waals surface area (Å²) in [5, 5.41) is 11.8. The molecule has 0 unspecified atom stereocenters. The molecule has 24 heavy (non-hydrogen) atoms. The Kier molecular flexibility index (Phi) is 3.43. The minimum atomic E-state index is 0.208. The van der Waals surface area contributed by atoms with Crippen molar-refractivity contribution >= 4 is 27.5 Å². The van der Waals surface area contributed by atoms with E-state index in [1.807, 2.05) is 49.4 Å². The lowest BCUT2D eigenvalue weighted by molar-refractivity contribution is 0.395. The van der Waals surface area contributed by atoms with E-state index in [4.69, 9.17) is 4.84 Å². The Bertz CT molecular complexity index is 1040. The minimum absolute atomic E-state index is 0.208. The van der Waals surface area contributed by atoms with Crippen molar-refractivity contribution in [2.75, 3.05) is 5.48 Å². The molecule has 2 N–H and O–H groups in total. The SMILES string of the molecule is Cc1c(O)cccc1ONc1cccc2nc3ccccc3cc12. The first-order valence-corrected chi connectivity index (χ1v) is 7.72. The maximum absolute atomic E-state index is 9.77. The van der Waals surface area contributed by atoms with Crippen molar-refractivity contribution in [2.45, 2.75) is 6.92 Å². The van der Waals surface area contributed by atoms with Crippen LogP contribution in [0.25, 0.3) is 21.8 Å². The highest BCUT2D eigenvalue weighted by Gasteiger charge is 2.07. The van der Waals surface area contributed by atoms with Crippen LogP contribution < -0.4 is 10.3 Å². The zero-order valence-electron chi connectivity index (χ0n) is 13.2. The molecule has 0 fully saturated rings. The molecule has 4 rings (SSSR count). The predicted molar refractivity (Wildman–Crippen MR) is 96.3 cm³/mol. The molecule has 0 atom stereocenters. The Balaban J connectivity index is 1.73. The van der Waals surface area contributed by atoms with Gasteiger partial charge in [-0.3, -0.25) is 0 Å². The first kappa shape index (κ1) is 14.3. The molecular weight excluding hydrogens is 300 g/mol. The van der Waals surface area contributed by atoms with E-state index < -0.39 is 0 Å². The second-order valence-electron chi connectivity index (χ2n) is 5.66. The number of nitrogens with one attached hydrogen (secondary N) is 1. The highest BCUT2D eigenvalue weighted by atomic mass is 16.6. The van der Waals surface area contributed by atoms with Crippen molar-refractivity contribution in [2.24, 2.45) is 0 Å². The first-order valence-electron chi connectivity index (χ1n) is 7.72. The maximum atomic E-state index is 9.77. The summed E-state index contributed by atoms with van der Waals surface area (Å²) < 4.78 is 0. The molecule has 4 nitrogen and oxygen atoms in total. The normalized spacial score (nSPS) is 10.9. The molecule has 0 radical (unpaired) electrons. The van der Waals surface area contributed by atoms with Gasteiger partial charge in [0.25, 0.3) is 0 Å². The number of hydrogen-bond acceptors (Lipinski definition) is 4. The molecule has 1 aromatic heterocycles. The van der Waals surface area contributed by atoms with Gasteiger partial charge in [-0.05, 0) is 43.3 Å². The van der Waals surface area contributed by atoms with Crippen LogP contribution in [0, 0.1) is 6.92 Å². The zero-order chi connectivity index (χ0) is 16.5. The zero-order valence-corrected chi connectivity index (χ0v) is 13.2. The summed E-state index contributed by atoms with van der Waals surface area (Å²) in [6, 6.07) is 21.2. The quantitative estimate of drug-likeness (QED) is 0.421. The number of fused-ring (bicyclic) bond motifs is 2. The summed E-state index contributed by atoms with van der Waals surface area (Å²) in [4.78, 5) is 10.4. The summed E-state index contributed by atoms with van der Waals surface area (Å²) in [6.45, 7) is 1.81. The number of phenols is 1. The van der Waals surface area contributed by atoms with E-state index in [2.05, 4.69) is 16.5 Å². The number of phenolic OH excluding ortho intramolecular Hbond substituents is 1.